The van der Waals surface area contributed by atoms with Gasteiger partial charge in [0.25, 0.3) is 0 Å². The Labute approximate surface area is 140 Å². The fourth-order valence-electron chi connectivity index (χ4n) is 1.20. The van der Waals surface area contributed by atoms with Crippen LogP contribution in [0, 0.1) is 0 Å². The predicted molar refractivity (Wildman–Crippen MR) is 73.9 cm³/mol. The van der Waals surface area contributed by atoms with Crippen molar-refractivity contribution >= 4 is 33.5 Å². The van der Waals surface area contributed by atoms with Crippen LogP contribution < -0.4 is 18.9 Å². The molecule has 0 amide bonds. The van der Waals surface area contributed by atoms with Gasteiger partial charge in [0, 0.05) is 12.4 Å². The minimum Gasteiger partial charge on any atom is -0.511 e. The van der Waals surface area contributed by atoms with E-state index in [9.17, 15) is 9.59 Å². The summed E-state index contributed by atoms with van der Waals surface area (Å²) in [6, 6.07) is 6.15. The van der Waals surface area contributed by atoms with Crippen molar-refractivity contribution in [2.45, 2.75) is 10.1 Å². The molecule has 2 aromatic heterocycles. The maximum absolute atomic E-state index is 10.7. The molecule has 2 aromatic rings. The first-order valence-electron chi connectivity index (χ1n) is 5.29. The Morgan fingerprint density at radius 2 is 1.52 bits per heavy atom. The van der Waals surface area contributed by atoms with E-state index in [-0.39, 0.29) is 30.0 Å². The van der Waals surface area contributed by atoms with E-state index in [0.29, 0.717) is 10.1 Å². The van der Waals surface area contributed by atoms with Gasteiger partial charge in [-0.15, -0.1) is 0 Å². The topological polar surface area (TPSA) is 100 Å². The number of carboxylic acids is 2. The second-order valence-corrected chi connectivity index (χ2v) is 5.72. The average Bonchev–Trinajstić information content (AvgIpc) is 2.46. The van der Waals surface area contributed by atoms with Crippen molar-refractivity contribution in [1.29, 1.82) is 0 Å². The molecule has 1 radical (unpaired) electrons. The zero-order chi connectivity index (χ0) is 14.5. The fraction of sp³-hybridized carbons (Fsp3) is 0. The third kappa shape index (κ3) is 5.10. The molecule has 21 heavy (non-hydrogen) atoms. The van der Waals surface area contributed by atoms with E-state index < -0.39 is 11.9 Å². The van der Waals surface area contributed by atoms with Gasteiger partial charge in [-0.1, -0.05) is 11.1 Å². The van der Waals surface area contributed by atoms with Crippen LogP contribution in [-0.4, -0.2) is 32.1 Å². The van der Waals surface area contributed by atoms with Crippen LogP contribution in [0.25, 0.3) is 0 Å². The van der Waals surface area contributed by atoms with Crippen molar-refractivity contribution in [2.24, 2.45) is 0 Å². The third-order valence-electron chi connectivity index (χ3n) is 2.18. The van der Waals surface area contributed by atoms with E-state index in [1.54, 1.807) is 12.1 Å². The largest absolute Gasteiger partial charge is 1.00 e. The van der Waals surface area contributed by atoms with E-state index in [2.05, 4.69) is 9.97 Å². The molecule has 0 spiro atoms. The fourth-order valence-corrected chi connectivity index (χ4v) is 2.91. The molecular formula is C12H8LiN2O4S2. The maximum Gasteiger partial charge on any atom is 1.00 e. The first-order valence-corrected chi connectivity index (χ1v) is 7.44. The van der Waals surface area contributed by atoms with Gasteiger partial charge in [0.05, 0.1) is 16.2 Å². The average molecular weight is 315 g/mol. The van der Waals surface area contributed by atoms with Crippen LogP contribution in [0.2, 0.25) is 0 Å². The first-order chi connectivity index (χ1) is 9.56. The zero-order valence-electron chi connectivity index (χ0n) is 10.9. The molecular weight excluding hydrogens is 307 g/mol. The van der Waals surface area contributed by atoms with Crippen molar-refractivity contribution in [2.75, 3.05) is 0 Å². The number of carbonyl (C=O) groups is 2. The molecule has 2 heterocycles. The SMILES string of the molecule is O=C(O)c1ccc(S[S-]c2ccc(C(=O)O)cn2)nc1.[Li+]. The van der Waals surface area contributed by atoms with E-state index >= 15 is 0 Å². The van der Waals surface area contributed by atoms with Gasteiger partial charge in [0.1, 0.15) is 0 Å². The third-order valence-corrected chi connectivity index (χ3v) is 4.36. The van der Waals surface area contributed by atoms with E-state index in [1.807, 2.05) is 0 Å². The molecule has 0 atom stereocenters. The normalized spacial score (nSPS) is 9.71. The number of carboxylic acid groups (broad SMARTS) is 2. The molecule has 0 aliphatic carbocycles. The van der Waals surface area contributed by atoms with Gasteiger partial charge < -0.3 is 21.0 Å². The zero-order valence-corrected chi connectivity index (χ0v) is 12.5. The Bertz CT molecular complexity index is 577. The van der Waals surface area contributed by atoms with Crippen molar-refractivity contribution in [3.63, 3.8) is 0 Å². The van der Waals surface area contributed by atoms with Gasteiger partial charge in [-0.2, -0.15) is 0 Å². The quantitative estimate of drug-likeness (QED) is 0.413. The molecule has 0 aliphatic heterocycles. The van der Waals surface area contributed by atoms with Crippen molar-refractivity contribution in [3.05, 3.63) is 47.8 Å². The van der Waals surface area contributed by atoms with E-state index in [4.69, 9.17) is 10.2 Å². The summed E-state index contributed by atoms with van der Waals surface area (Å²) >= 11 is 0. The van der Waals surface area contributed by atoms with Crippen LogP contribution >= 0.6 is 10.8 Å². The second kappa shape index (κ2) is 8.10. The number of rotatable bonds is 5. The number of nitrogens with zero attached hydrogens (tertiary/aromatic N) is 2. The molecule has 0 saturated carbocycles. The molecule has 2 rings (SSSR count). The van der Waals surface area contributed by atoms with Crippen LogP contribution in [-0.2, 0) is 10.8 Å². The van der Waals surface area contributed by atoms with Crippen LogP contribution in [0.15, 0.2) is 46.7 Å². The number of pyridine rings is 2. The van der Waals surface area contributed by atoms with Gasteiger partial charge in [0.2, 0.25) is 0 Å². The predicted octanol–water partition coefficient (Wildman–Crippen LogP) is -0.974. The van der Waals surface area contributed by atoms with E-state index in [1.165, 1.54) is 46.1 Å². The minimum atomic E-state index is -1.02. The Balaban J connectivity index is 0.00000220. The molecule has 0 saturated heterocycles. The summed E-state index contributed by atoms with van der Waals surface area (Å²) in [5.74, 6) is -2.04. The van der Waals surface area contributed by atoms with Crippen molar-refractivity contribution in [3.8, 4) is 0 Å². The molecule has 0 unspecified atom stereocenters. The summed E-state index contributed by atoms with van der Waals surface area (Å²) in [6.07, 6.45) is 2.57. The van der Waals surface area contributed by atoms with Crippen LogP contribution in [0.1, 0.15) is 20.7 Å². The number of hydrogen-bond acceptors (Lipinski definition) is 6. The monoisotopic (exact) mass is 315 g/mol. The molecule has 2 N–H and O–H groups in total. The molecule has 0 aliphatic rings. The second-order valence-electron chi connectivity index (χ2n) is 3.55. The molecule has 0 aromatic carbocycles. The Morgan fingerprint density at radius 1 is 0.952 bits per heavy atom. The number of hydrogen-bond donors (Lipinski definition) is 2. The van der Waals surface area contributed by atoms with Gasteiger partial charge in [0.15, 0.2) is 0 Å². The van der Waals surface area contributed by atoms with Gasteiger partial charge in [-0.25, -0.2) is 9.59 Å². The summed E-state index contributed by atoms with van der Waals surface area (Å²) in [6.45, 7) is 0. The van der Waals surface area contributed by atoms with Gasteiger partial charge in [-0.05, 0) is 18.2 Å². The number of aromatic carboxylic acids is 2. The summed E-state index contributed by atoms with van der Waals surface area (Å²) in [4.78, 5) is 29.3. The van der Waals surface area contributed by atoms with Crippen molar-refractivity contribution in [1.82, 2.24) is 9.97 Å². The van der Waals surface area contributed by atoms with Gasteiger partial charge in [-0.3, -0.25) is 20.8 Å². The first kappa shape index (κ1) is 17.6. The van der Waals surface area contributed by atoms with Crippen LogP contribution in [0.5, 0.6) is 0 Å². The number of aromatic nitrogens is 2. The summed E-state index contributed by atoms with van der Waals surface area (Å²) in [5, 5.41) is 18.8. The summed E-state index contributed by atoms with van der Waals surface area (Å²) in [5.41, 5.74) is 0.256. The molecule has 103 valence electrons. The Hall–Kier alpha value is -1.46. The van der Waals surface area contributed by atoms with Gasteiger partial charge >= 0.3 is 30.8 Å². The maximum atomic E-state index is 10.7. The van der Waals surface area contributed by atoms with Crippen LogP contribution in [0.4, 0.5) is 0 Å². The summed E-state index contributed by atoms with van der Waals surface area (Å²) < 4.78 is 0. The standard InChI is InChI=1S/C12H8N2O4S2.Li/c15-11(16)7-1-3-9(13-5-7)19-20-10-4-2-8(6-14-10)12(17)18;/h1-6H,(H,15,16)(H,17,18);/q-1;+1. The van der Waals surface area contributed by atoms with E-state index in [0.717, 1.165) is 0 Å². The molecule has 9 heteroatoms. The molecule has 0 fully saturated rings. The molecule has 0 bridgehead atoms. The molecule has 6 nitrogen and oxygen atoms in total. The van der Waals surface area contributed by atoms with Crippen molar-refractivity contribution < 1.29 is 38.7 Å². The summed E-state index contributed by atoms with van der Waals surface area (Å²) in [7, 11) is 2.62. The Morgan fingerprint density at radius 3 is 1.95 bits per heavy atom. The van der Waals surface area contributed by atoms with Crippen LogP contribution in [0.3, 0.4) is 0 Å². The Kier molecular flexibility index (Phi) is 6.78. The smallest absolute Gasteiger partial charge is 0.511 e. The minimum absolute atomic E-state index is 0.